The normalized spacial score (nSPS) is 14.1. The van der Waals surface area contributed by atoms with Crippen molar-refractivity contribution in [2.75, 3.05) is 0 Å². The van der Waals surface area contributed by atoms with E-state index in [1.807, 2.05) is 12.3 Å². The lowest BCUT2D eigenvalue weighted by molar-refractivity contribution is 0.128. The van der Waals surface area contributed by atoms with Gasteiger partial charge in [0.15, 0.2) is 0 Å². The second kappa shape index (κ2) is 6.91. The molecule has 3 N–H and O–H groups in total. The summed E-state index contributed by atoms with van der Waals surface area (Å²) in [5.74, 6) is 0.608. The summed E-state index contributed by atoms with van der Waals surface area (Å²) in [7, 11) is 0. The highest BCUT2D eigenvalue weighted by Gasteiger charge is 2.15. The number of aliphatic hydroxyl groups excluding tert-OH is 1. The molecule has 0 aromatic carbocycles. The fourth-order valence-corrected chi connectivity index (χ4v) is 3.13. The molecule has 0 bridgehead atoms. The van der Waals surface area contributed by atoms with Crippen molar-refractivity contribution in [1.29, 1.82) is 0 Å². The standard InChI is InChI=1S/C16H19N3O2S/c1-11(8-13(20)14-4-2-6-21-14)17-9-12-10-18-19-16(12)15-5-3-7-22-15/h2-7,10-11,13,17,20H,8-9H2,1H3,(H,18,19). The molecule has 0 spiro atoms. The fraction of sp³-hybridized carbons (Fsp3) is 0.312. The third-order valence-electron chi connectivity index (χ3n) is 3.57. The Bertz CT molecular complexity index is 676. The van der Waals surface area contributed by atoms with Gasteiger partial charge in [0.2, 0.25) is 0 Å². The van der Waals surface area contributed by atoms with Gasteiger partial charge in [-0.25, -0.2) is 0 Å². The molecule has 0 aliphatic carbocycles. The first kappa shape index (κ1) is 15.0. The summed E-state index contributed by atoms with van der Waals surface area (Å²) in [6.45, 7) is 2.76. The minimum absolute atomic E-state index is 0.159. The highest BCUT2D eigenvalue weighted by molar-refractivity contribution is 7.13. The number of H-pyrrole nitrogens is 1. The number of nitrogens with one attached hydrogen (secondary N) is 2. The average Bonchev–Trinajstić information content (AvgIpc) is 3.24. The highest BCUT2D eigenvalue weighted by atomic mass is 32.1. The molecule has 0 amide bonds. The molecule has 0 aliphatic heterocycles. The zero-order valence-corrected chi connectivity index (χ0v) is 13.1. The maximum absolute atomic E-state index is 10.1. The number of hydrogen-bond donors (Lipinski definition) is 3. The molecule has 116 valence electrons. The van der Waals surface area contributed by atoms with Crippen molar-refractivity contribution in [3.63, 3.8) is 0 Å². The first-order chi connectivity index (χ1) is 10.7. The Morgan fingerprint density at radius 3 is 3.05 bits per heavy atom. The van der Waals surface area contributed by atoms with Crippen molar-refractivity contribution >= 4 is 11.3 Å². The van der Waals surface area contributed by atoms with E-state index in [0.717, 1.165) is 11.3 Å². The largest absolute Gasteiger partial charge is 0.467 e. The second-order valence-electron chi connectivity index (χ2n) is 5.30. The molecular formula is C16H19N3O2S. The van der Waals surface area contributed by atoms with Crippen molar-refractivity contribution in [3.8, 4) is 10.6 Å². The fourth-order valence-electron chi connectivity index (χ4n) is 2.38. The van der Waals surface area contributed by atoms with E-state index in [9.17, 15) is 5.11 Å². The maximum atomic E-state index is 10.1. The van der Waals surface area contributed by atoms with E-state index >= 15 is 0 Å². The monoisotopic (exact) mass is 317 g/mol. The summed E-state index contributed by atoms with van der Waals surface area (Å²) in [4.78, 5) is 1.18. The van der Waals surface area contributed by atoms with Gasteiger partial charge < -0.3 is 14.8 Å². The Balaban J connectivity index is 1.56. The number of aromatic nitrogens is 2. The van der Waals surface area contributed by atoms with Gasteiger partial charge in [0.05, 0.1) is 23.0 Å². The molecule has 0 fully saturated rings. The van der Waals surface area contributed by atoms with E-state index in [1.54, 1.807) is 29.7 Å². The van der Waals surface area contributed by atoms with Crippen molar-refractivity contribution in [2.45, 2.75) is 32.0 Å². The number of nitrogens with zero attached hydrogens (tertiary/aromatic N) is 1. The van der Waals surface area contributed by atoms with Gasteiger partial charge in [-0.2, -0.15) is 5.10 Å². The zero-order valence-electron chi connectivity index (χ0n) is 12.3. The first-order valence-corrected chi connectivity index (χ1v) is 8.13. The van der Waals surface area contributed by atoms with Gasteiger partial charge in [0, 0.05) is 18.2 Å². The zero-order chi connectivity index (χ0) is 15.4. The topological polar surface area (TPSA) is 74.1 Å². The molecule has 2 unspecified atom stereocenters. The Kier molecular flexibility index (Phi) is 4.72. The second-order valence-corrected chi connectivity index (χ2v) is 6.24. The molecule has 0 aliphatic rings. The lowest BCUT2D eigenvalue weighted by atomic mass is 10.1. The molecule has 22 heavy (non-hydrogen) atoms. The van der Waals surface area contributed by atoms with Crippen LogP contribution in [0.25, 0.3) is 10.6 Å². The third kappa shape index (κ3) is 3.47. The van der Waals surface area contributed by atoms with Crippen LogP contribution in [0.4, 0.5) is 0 Å². The average molecular weight is 317 g/mol. The third-order valence-corrected chi connectivity index (χ3v) is 4.46. The van der Waals surface area contributed by atoms with Crippen molar-refractivity contribution in [1.82, 2.24) is 15.5 Å². The number of hydrogen-bond acceptors (Lipinski definition) is 5. The minimum atomic E-state index is -0.585. The maximum Gasteiger partial charge on any atom is 0.132 e. The van der Waals surface area contributed by atoms with Gasteiger partial charge in [0.25, 0.3) is 0 Å². The molecule has 3 rings (SSSR count). The van der Waals surface area contributed by atoms with Crippen LogP contribution < -0.4 is 5.32 Å². The van der Waals surface area contributed by atoms with Crippen LogP contribution in [0, 0.1) is 0 Å². The number of furan rings is 1. The van der Waals surface area contributed by atoms with Crippen LogP contribution >= 0.6 is 11.3 Å². The summed E-state index contributed by atoms with van der Waals surface area (Å²) in [6.07, 6.45) is 3.44. The Morgan fingerprint density at radius 1 is 1.41 bits per heavy atom. The predicted molar refractivity (Wildman–Crippen MR) is 86.5 cm³/mol. The van der Waals surface area contributed by atoms with Gasteiger partial charge in [0.1, 0.15) is 11.9 Å². The summed E-state index contributed by atoms with van der Waals surface area (Å²) in [5, 5.41) is 22.8. The quantitative estimate of drug-likeness (QED) is 0.625. The number of rotatable bonds is 7. The summed E-state index contributed by atoms with van der Waals surface area (Å²) in [5.41, 5.74) is 2.18. The molecule has 2 atom stereocenters. The van der Waals surface area contributed by atoms with E-state index in [1.165, 1.54) is 4.88 Å². The van der Waals surface area contributed by atoms with Crippen molar-refractivity contribution in [2.24, 2.45) is 0 Å². The van der Waals surface area contributed by atoms with E-state index in [2.05, 4.69) is 33.9 Å². The predicted octanol–water partition coefficient (Wildman–Crippen LogP) is 3.33. The minimum Gasteiger partial charge on any atom is -0.467 e. The van der Waals surface area contributed by atoms with Crippen molar-refractivity contribution in [3.05, 3.63) is 53.4 Å². The highest BCUT2D eigenvalue weighted by Crippen LogP contribution is 2.26. The Hall–Kier alpha value is -1.89. The smallest absolute Gasteiger partial charge is 0.132 e. The summed E-state index contributed by atoms with van der Waals surface area (Å²) in [6, 6.07) is 7.84. The van der Waals surface area contributed by atoms with Gasteiger partial charge in [-0.3, -0.25) is 5.10 Å². The van der Waals surface area contributed by atoms with Crippen LogP contribution in [0.3, 0.4) is 0 Å². The van der Waals surface area contributed by atoms with E-state index < -0.39 is 6.10 Å². The molecule has 3 aromatic heterocycles. The molecule has 0 radical (unpaired) electrons. The van der Waals surface area contributed by atoms with E-state index in [0.29, 0.717) is 18.7 Å². The van der Waals surface area contributed by atoms with Crippen molar-refractivity contribution < 1.29 is 9.52 Å². The lowest BCUT2D eigenvalue weighted by Gasteiger charge is -2.16. The SMILES string of the molecule is CC(CC(O)c1ccco1)NCc1cn[nH]c1-c1cccs1. The van der Waals surface area contributed by atoms with Gasteiger partial charge in [-0.15, -0.1) is 11.3 Å². The van der Waals surface area contributed by atoms with E-state index in [4.69, 9.17) is 4.42 Å². The van der Waals surface area contributed by atoms with Crippen LogP contribution in [-0.2, 0) is 6.54 Å². The van der Waals surface area contributed by atoms with Crippen LogP contribution in [0.5, 0.6) is 0 Å². The Morgan fingerprint density at radius 2 is 2.32 bits per heavy atom. The molecule has 5 nitrogen and oxygen atoms in total. The number of thiophene rings is 1. The van der Waals surface area contributed by atoms with Crippen LogP contribution in [0.15, 0.2) is 46.5 Å². The molecular weight excluding hydrogens is 298 g/mol. The Labute approximate surface area is 133 Å². The van der Waals surface area contributed by atoms with Crippen LogP contribution in [0.1, 0.15) is 30.8 Å². The molecule has 0 saturated heterocycles. The van der Waals surface area contributed by atoms with Gasteiger partial charge in [-0.05, 0) is 36.9 Å². The molecule has 6 heteroatoms. The number of aromatic amines is 1. The van der Waals surface area contributed by atoms with Crippen LogP contribution in [-0.4, -0.2) is 21.3 Å². The molecule has 0 saturated carbocycles. The van der Waals surface area contributed by atoms with Gasteiger partial charge >= 0.3 is 0 Å². The van der Waals surface area contributed by atoms with E-state index in [-0.39, 0.29) is 6.04 Å². The van der Waals surface area contributed by atoms with Gasteiger partial charge in [-0.1, -0.05) is 6.07 Å². The molecule has 3 heterocycles. The summed E-state index contributed by atoms with van der Waals surface area (Å²) >= 11 is 1.69. The van der Waals surface area contributed by atoms with Crippen LogP contribution in [0.2, 0.25) is 0 Å². The lowest BCUT2D eigenvalue weighted by Crippen LogP contribution is -2.27. The number of aliphatic hydroxyl groups is 1. The summed E-state index contributed by atoms with van der Waals surface area (Å²) < 4.78 is 5.22. The first-order valence-electron chi connectivity index (χ1n) is 7.25. The molecule has 3 aromatic rings.